The highest BCUT2D eigenvalue weighted by Gasteiger charge is 2.17. The summed E-state index contributed by atoms with van der Waals surface area (Å²) in [6.45, 7) is 4.85. The van der Waals surface area contributed by atoms with Crippen molar-refractivity contribution in [2.24, 2.45) is 5.92 Å². The Bertz CT molecular complexity index is 547. The first-order valence-corrected chi connectivity index (χ1v) is 6.89. The Morgan fingerprint density at radius 1 is 1.26 bits per heavy atom. The van der Waals surface area contributed by atoms with E-state index in [1.54, 1.807) is 0 Å². The molecule has 0 saturated carbocycles. The van der Waals surface area contributed by atoms with Crippen molar-refractivity contribution in [3.63, 3.8) is 0 Å². The fraction of sp³-hybridized carbons (Fsp3) is 0.375. The number of rotatable bonds is 4. The molecule has 1 atom stereocenters. The molecular weight excluding hydrogens is 236 g/mol. The van der Waals surface area contributed by atoms with Crippen LogP contribution in [-0.2, 0) is 13.0 Å². The second kappa shape index (κ2) is 5.49. The lowest BCUT2D eigenvalue weighted by Crippen LogP contribution is -2.32. The van der Waals surface area contributed by atoms with E-state index in [1.807, 2.05) is 19.1 Å². The van der Waals surface area contributed by atoms with Crippen LogP contribution in [0.3, 0.4) is 0 Å². The van der Waals surface area contributed by atoms with E-state index in [2.05, 4.69) is 34.9 Å². The fourth-order valence-corrected chi connectivity index (χ4v) is 2.63. The SMILES string of the molecule is Cc1ccc(CNCC2CNc3ccccc3C2)o1. The minimum atomic E-state index is 0.644. The molecular formula is C16H20N2O. The van der Waals surface area contributed by atoms with Crippen molar-refractivity contribution in [3.8, 4) is 0 Å². The van der Waals surface area contributed by atoms with Crippen molar-refractivity contribution in [1.82, 2.24) is 5.32 Å². The van der Waals surface area contributed by atoms with Crippen LogP contribution in [-0.4, -0.2) is 13.1 Å². The number of para-hydroxylation sites is 1. The van der Waals surface area contributed by atoms with Crippen LogP contribution < -0.4 is 10.6 Å². The molecule has 1 aromatic carbocycles. The number of aryl methyl sites for hydroxylation is 1. The monoisotopic (exact) mass is 256 g/mol. The van der Waals surface area contributed by atoms with Crippen molar-refractivity contribution >= 4 is 5.69 Å². The smallest absolute Gasteiger partial charge is 0.117 e. The minimum Gasteiger partial charge on any atom is -0.465 e. The van der Waals surface area contributed by atoms with Crippen LogP contribution >= 0.6 is 0 Å². The standard InChI is InChI=1S/C16H20N2O/c1-12-6-7-15(19-12)11-17-9-13-8-14-4-2-3-5-16(14)18-10-13/h2-7,13,17-18H,8-11H2,1H3. The van der Waals surface area contributed by atoms with E-state index in [9.17, 15) is 0 Å². The molecule has 3 rings (SSSR count). The molecule has 100 valence electrons. The van der Waals surface area contributed by atoms with Gasteiger partial charge in [0, 0.05) is 18.8 Å². The van der Waals surface area contributed by atoms with Crippen LogP contribution in [0.5, 0.6) is 0 Å². The molecule has 1 unspecified atom stereocenters. The maximum atomic E-state index is 5.55. The first-order valence-electron chi connectivity index (χ1n) is 6.89. The van der Waals surface area contributed by atoms with Gasteiger partial charge in [-0.3, -0.25) is 0 Å². The van der Waals surface area contributed by atoms with Crippen molar-refractivity contribution in [2.75, 3.05) is 18.4 Å². The van der Waals surface area contributed by atoms with Crippen molar-refractivity contribution < 1.29 is 4.42 Å². The van der Waals surface area contributed by atoms with E-state index in [1.165, 1.54) is 11.3 Å². The average molecular weight is 256 g/mol. The topological polar surface area (TPSA) is 37.2 Å². The van der Waals surface area contributed by atoms with Crippen molar-refractivity contribution in [1.29, 1.82) is 0 Å². The number of hydrogen-bond donors (Lipinski definition) is 2. The van der Waals surface area contributed by atoms with Crippen LogP contribution in [0, 0.1) is 12.8 Å². The molecule has 2 N–H and O–H groups in total. The fourth-order valence-electron chi connectivity index (χ4n) is 2.63. The molecule has 2 aromatic rings. The Labute approximate surface area is 114 Å². The Kier molecular flexibility index (Phi) is 3.56. The molecule has 1 aromatic heterocycles. The van der Waals surface area contributed by atoms with Crippen LogP contribution in [0.25, 0.3) is 0 Å². The normalized spacial score (nSPS) is 17.8. The summed E-state index contributed by atoms with van der Waals surface area (Å²) in [4.78, 5) is 0. The highest BCUT2D eigenvalue weighted by Crippen LogP contribution is 2.23. The summed E-state index contributed by atoms with van der Waals surface area (Å²) in [6.07, 6.45) is 1.15. The van der Waals surface area contributed by atoms with Crippen LogP contribution in [0.1, 0.15) is 17.1 Å². The van der Waals surface area contributed by atoms with E-state index < -0.39 is 0 Å². The molecule has 0 saturated heterocycles. The van der Waals surface area contributed by atoms with Crippen molar-refractivity contribution in [2.45, 2.75) is 19.9 Å². The molecule has 1 aliphatic heterocycles. The zero-order valence-electron chi connectivity index (χ0n) is 11.3. The molecule has 3 heteroatoms. The lowest BCUT2D eigenvalue weighted by molar-refractivity contribution is 0.431. The Morgan fingerprint density at radius 2 is 2.16 bits per heavy atom. The third-order valence-corrected chi connectivity index (χ3v) is 3.64. The quantitative estimate of drug-likeness (QED) is 0.883. The molecule has 19 heavy (non-hydrogen) atoms. The molecule has 3 nitrogen and oxygen atoms in total. The van der Waals surface area contributed by atoms with Gasteiger partial charge < -0.3 is 15.1 Å². The van der Waals surface area contributed by atoms with Gasteiger partial charge in [-0.05, 0) is 43.0 Å². The third kappa shape index (κ3) is 2.99. The number of hydrogen-bond acceptors (Lipinski definition) is 3. The van der Waals surface area contributed by atoms with E-state index >= 15 is 0 Å². The number of fused-ring (bicyclic) bond motifs is 1. The van der Waals surface area contributed by atoms with E-state index in [0.29, 0.717) is 5.92 Å². The van der Waals surface area contributed by atoms with Gasteiger partial charge in [-0.2, -0.15) is 0 Å². The highest BCUT2D eigenvalue weighted by atomic mass is 16.3. The maximum Gasteiger partial charge on any atom is 0.117 e. The lowest BCUT2D eigenvalue weighted by Gasteiger charge is -2.26. The van der Waals surface area contributed by atoms with Gasteiger partial charge in [0.15, 0.2) is 0 Å². The van der Waals surface area contributed by atoms with E-state index in [0.717, 1.165) is 37.6 Å². The van der Waals surface area contributed by atoms with Crippen LogP contribution in [0.4, 0.5) is 5.69 Å². The summed E-state index contributed by atoms with van der Waals surface area (Å²) in [7, 11) is 0. The molecule has 0 bridgehead atoms. The number of benzene rings is 1. The lowest BCUT2D eigenvalue weighted by atomic mass is 9.94. The summed E-state index contributed by atoms with van der Waals surface area (Å²) < 4.78 is 5.55. The molecule has 0 fully saturated rings. The summed E-state index contributed by atoms with van der Waals surface area (Å²) in [5.41, 5.74) is 2.72. The maximum absolute atomic E-state index is 5.55. The zero-order valence-corrected chi connectivity index (χ0v) is 11.3. The first kappa shape index (κ1) is 12.3. The predicted octanol–water partition coefficient (Wildman–Crippen LogP) is 2.96. The Morgan fingerprint density at radius 3 is 3.00 bits per heavy atom. The predicted molar refractivity (Wildman–Crippen MR) is 77.3 cm³/mol. The molecule has 0 spiro atoms. The molecule has 0 radical (unpaired) electrons. The van der Waals surface area contributed by atoms with Crippen molar-refractivity contribution in [3.05, 3.63) is 53.5 Å². The molecule has 0 aliphatic carbocycles. The zero-order chi connectivity index (χ0) is 13.1. The molecule has 2 heterocycles. The molecule has 0 amide bonds. The van der Waals surface area contributed by atoms with Gasteiger partial charge in [0.05, 0.1) is 6.54 Å². The largest absolute Gasteiger partial charge is 0.465 e. The Hall–Kier alpha value is -1.74. The summed E-state index contributed by atoms with van der Waals surface area (Å²) in [6, 6.07) is 12.6. The van der Waals surface area contributed by atoms with Crippen LogP contribution in [0.15, 0.2) is 40.8 Å². The van der Waals surface area contributed by atoms with Crippen LogP contribution in [0.2, 0.25) is 0 Å². The van der Waals surface area contributed by atoms with E-state index in [-0.39, 0.29) is 0 Å². The summed E-state index contributed by atoms with van der Waals surface area (Å²) in [5, 5.41) is 6.98. The molecule has 1 aliphatic rings. The second-order valence-corrected chi connectivity index (χ2v) is 5.25. The third-order valence-electron chi connectivity index (χ3n) is 3.64. The number of anilines is 1. The van der Waals surface area contributed by atoms with E-state index in [4.69, 9.17) is 4.42 Å². The Balaban J connectivity index is 1.50. The number of nitrogens with one attached hydrogen (secondary N) is 2. The average Bonchev–Trinajstić information content (AvgIpc) is 2.84. The van der Waals surface area contributed by atoms with Gasteiger partial charge in [0.25, 0.3) is 0 Å². The number of furan rings is 1. The highest BCUT2D eigenvalue weighted by molar-refractivity contribution is 5.53. The van der Waals surface area contributed by atoms with Gasteiger partial charge in [-0.25, -0.2) is 0 Å². The first-order chi connectivity index (χ1) is 9.31. The van der Waals surface area contributed by atoms with Gasteiger partial charge in [-0.15, -0.1) is 0 Å². The minimum absolute atomic E-state index is 0.644. The van der Waals surface area contributed by atoms with Gasteiger partial charge in [-0.1, -0.05) is 18.2 Å². The summed E-state index contributed by atoms with van der Waals surface area (Å²) >= 11 is 0. The summed E-state index contributed by atoms with van der Waals surface area (Å²) in [5.74, 6) is 2.64. The second-order valence-electron chi connectivity index (χ2n) is 5.25. The van der Waals surface area contributed by atoms with Gasteiger partial charge in [0.2, 0.25) is 0 Å². The van der Waals surface area contributed by atoms with Gasteiger partial charge in [0.1, 0.15) is 11.5 Å². The van der Waals surface area contributed by atoms with Gasteiger partial charge >= 0.3 is 0 Å².